The van der Waals surface area contributed by atoms with E-state index in [1.807, 2.05) is 0 Å². The minimum absolute atomic E-state index is 0.314. The standard InChI is InChI=1S/C15H19F3N2O2/c16-15(17,18)13(11-20-9-5-2-6-10-20)22-14(21)19-12-7-3-1-4-8-12/h1,3-4,7-8,13H,2,5-6,9-11H2,(H,19,21)/t13-/m1/s1. The second-order valence-corrected chi connectivity index (χ2v) is 5.29. The lowest BCUT2D eigenvalue weighted by atomic mass is 10.1. The first-order chi connectivity index (χ1) is 10.4. The van der Waals surface area contributed by atoms with Crippen molar-refractivity contribution >= 4 is 11.8 Å². The lowest BCUT2D eigenvalue weighted by Crippen LogP contribution is -2.46. The second-order valence-electron chi connectivity index (χ2n) is 5.29. The van der Waals surface area contributed by atoms with Crippen LogP contribution < -0.4 is 5.32 Å². The number of piperidine rings is 1. The monoisotopic (exact) mass is 316 g/mol. The van der Waals surface area contributed by atoms with E-state index in [2.05, 4.69) is 10.1 Å². The van der Waals surface area contributed by atoms with E-state index in [-0.39, 0.29) is 6.54 Å². The Labute approximate surface area is 127 Å². The van der Waals surface area contributed by atoms with Crippen LogP contribution in [0.1, 0.15) is 19.3 Å². The Morgan fingerprint density at radius 3 is 2.41 bits per heavy atom. The number of hydrogen-bond donors (Lipinski definition) is 1. The van der Waals surface area contributed by atoms with Gasteiger partial charge in [-0.15, -0.1) is 0 Å². The fourth-order valence-electron chi connectivity index (χ4n) is 2.38. The van der Waals surface area contributed by atoms with Crippen LogP contribution in [-0.4, -0.2) is 42.9 Å². The molecule has 0 spiro atoms. The molecule has 4 nitrogen and oxygen atoms in total. The van der Waals surface area contributed by atoms with Crippen molar-refractivity contribution in [2.24, 2.45) is 0 Å². The van der Waals surface area contributed by atoms with Gasteiger partial charge in [0.25, 0.3) is 0 Å². The summed E-state index contributed by atoms with van der Waals surface area (Å²) in [7, 11) is 0. The lowest BCUT2D eigenvalue weighted by Gasteiger charge is -2.30. The van der Waals surface area contributed by atoms with Gasteiger partial charge in [-0.25, -0.2) is 4.79 Å². The smallest absolute Gasteiger partial charge is 0.426 e. The number of rotatable bonds is 4. The van der Waals surface area contributed by atoms with E-state index in [0.717, 1.165) is 19.3 Å². The predicted molar refractivity (Wildman–Crippen MR) is 76.7 cm³/mol. The molecule has 0 saturated carbocycles. The van der Waals surface area contributed by atoms with Crippen LogP contribution in [0.4, 0.5) is 23.7 Å². The van der Waals surface area contributed by atoms with Gasteiger partial charge in [0, 0.05) is 12.2 Å². The number of para-hydroxylation sites is 1. The Kier molecular flexibility index (Phi) is 5.65. The summed E-state index contributed by atoms with van der Waals surface area (Å²) in [6, 6.07) is 8.24. The molecule has 1 atom stereocenters. The van der Waals surface area contributed by atoms with Crippen molar-refractivity contribution < 1.29 is 22.7 Å². The zero-order valence-electron chi connectivity index (χ0n) is 12.1. The number of carbonyl (C=O) groups excluding carboxylic acids is 1. The largest absolute Gasteiger partial charge is 0.435 e. The summed E-state index contributed by atoms with van der Waals surface area (Å²) in [6.45, 7) is 0.901. The van der Waals surface area contributed by atoms with E-state index in [1.165, 1.54) is 0 Å². The molecule has 0 aliphatic carbocycles. The molecule has 1 N–H and O–H groups in total. The van der Waals surface area contributed by atoms with Crippen LogP contribution in [0.25, 0.3) is 0 Å². The number of halogens is 3. The van der Waals surface area contributed by atoms with Crippen LogP contribution >= 0.6 is 0 Å². The molecular weight excluding hydrogens is 297 g/mol. The first kappa shape index (κ1) is 16.6. The van der Waals surface area contributed by atoms with Gasteiger partial charge in [-0.2, -0.15) is 13.2 Å². The van der Waals surface area contributed by atoms with Crippen molar-refractivity contribution in [2.75, 3.05) is 25.0 Å². The van der Waals surface area contributed by atoms with E-state index in [9.17, 15) is 18.0 Å². The highest BCUT2D eigenvalue weighted by molar-refractivity contribution is 5.84. The Bertz CT molecular complexity index is 473. The average Bonchev–Trinajstić information content (AvgIpc) is 2.48. The van der Waals surface area contributed by atoms with Crippen molar-refractivity contribution in [1.29, 1.82) is 0 Å². The highest BCUT2D eigenvalue weighted by Gasteiger charge is 2.44. The molecule has 0 bridgehead atoms. The Morgan fingerprint density at radius 1 is 1.18 bits per heavy atom. The third-order valence-electron chi connectivity index (χ3n) is 3.51. The van der Waals surface area contributed by atoms with Crippen LogP contribution in [0.5, 0.6) is 0 Å². The van der Waals surface area contributed by atoms with E-state index < -0.39 is 18.4 Å². The third-order valence-corrected chi connectivity index (χ3v) is 3.51. The number of alkyl halides is 3. The summed E-state index contributed by atoms with van der Waals surface area (Å²) in [6.07, 6.45) is -5.00. The van der Waals surface area contributed by atoms with Crippen LogP contribution in [0.2, 0.25) is 0 Å². The molecule has 1 heterocycles. The van der Waals surface area contributed by atoms with Crippen LogP contribution in [-0.2, 0) is 4.74 Å². The van der Waals surface area contributed by atoms with Gasteiger partial charge in [0.15, 0.2) is 0 Å². The van der Waals surface area contributed by atoms with E-state index >= 15 is 0 Å². The first-order valence-electron chi connectivity index (χ1n) is 7.27. The maximum Gasteiger partial charge on any atom is 0.426 e. The minimum atomic E-state index is -4.58. The van der Waals surface area contributed by atoms with E-state index in [0.29, 0.717) is 18.8 Å². The van der Waals surface area contributed by atoms with Crippen LogP contribution in [0.15, 0.2) is 30.3 Å². The SMILES string of the molecule is O=C(Nc1ccccc1)O[C@H](CN1CCCCC1)C(F)(F)F. The maximum absolute atomic E-state index is 13.0. The summed E-state index contributed by atoms with van der Waals surface area (Å²) in [4.78, 5) is 13.4. The van der Waals surface area contributed by atoms with Gasteiger partial charge in [-0.1, -0.05) is 24.6 Å². The van der Waals surface area contributed by atoms with Crippen molar-refractivity contribution in [3.63, 3.8) is 0 Å². The van der Waals surface area contributed by atoms with Crippen LogP contribution in [0.3, 0.4) is 0 Å². The van der Waals surface area contributed by atoms with Gasteiger partial charge < -0.3 is 4.74 Å². The number of nitrogens with zero attached hydrogens (tertiary/aromatic N) is 1. The molecule has 1 aromatic rings. The summed E-state index contributed by atoms with van der Waals surface area (Å²) in [5, 5.41) is 2.30. The molecule has 1 amide bonds. The van der Waals surface area contributed by atoms with Gasteiger partial charge in [0.05, 0.1) is 0 Å². The molecule has 22 heavy (non-hydrogen) atoms. The van der Waals surface area contributed by atoms with Gasteiger partial charge in [0.1, 0.15) is 0 Å². The molecule has 0 aromatic heterocycles. The molecule has 0 radical (unpaired) electrons. The molecule has 2 rings (SSSR count). The Balaban J connectivity index is 1.92. The van der Waals surface area contributed by atoms with Gasteiger partial charge in [0.2, 0.25) is 6.10 Å². The van der Waals surface area contributed by atoms with Crippen LogP contribution in [0, 0.1) is 0 Å². The van der Waals surface area contributed by atoms with Crippen molar-refractivity contribution in [1.82, 2.24) is 4.90 Å². The summed E-state index contributed by atoms with van der Waals surface area (Å²) < 4.78 is 43.7. The molecule has 1 aliphatic rings. The fourth-order valence-corrected chi connectivity index (χ4v) is 2.38. The number of anilines is 1. The summed E-state index contributed by atoms with van der Waals surface area (Å²) >= 11 is 0. The van der Waals surface area contributed by atoms with E-state index in [4.69, 9.17) is 0 Å². The van der Waals surface area contributed by atoms with E-state index in [1.54, 1.807) is 35.2 Å². The molecule has 122 valence electrons. The van der Waals surface area contributed by atoms with Gasteiger partial charge in [-0.3, -0.25) is 10.2 Å². The predicted octanol–water partition coefficient (Wildman–Crippen LogP) is 3.65. The first-order valence-corrected chi connectivity index (χ1v) is 7.27. The highest BCUT2D eigenvalue weighted by atomic mass is 19.4. The summed E-state index contributed by atoms with van der Waals surface area (Å²) in [5.74, 6) is 0. The number of likely N-dealkylation sites (tertiary alicyclic amines) is 1. The molecule has 7 heteroatoms. The normalized spacial score (nSPS) is 17.8. The molecule has 0 unspecified atom stereocenters. The zero-order valence-corrected chi connectivity index (χ0v) is 12.1. The van der Waals surface area contributed by atoms with Gasteiger partial charge in [-0.05, 0) is 38.1 Å². The average molecular weight is 316 g/mol. The number of nitrogens with one attached hydrogen (secondary N) is 1. The molecule has 1 aliphatic heterocycles. The topological polar surface area (TPSA) is 41.6 Å². The maximum atomic E-state index is 13.0. The number of carbonyl (C=O) groups is 1. The zero-order chi connectivity index (χ0) is 16.0. The summed E-state index contributed by atoms with van der Waals surface area (Å²) in [5.41, 5.74) is 0.395. The molecular formula is C15H19F3N2O2. The number of hydrogen-bond acceptors (Lipinski definition) is 3. The lowest BCUT2D eigenvalue weighted by molar-refractivity contribution is -0.207. The third kappa shape index (κ3) is 5.22. The van der Waals surface area contributed by atoms with Gasteiger partial charge >= 0.3 is 12.3 Å². The van der Waals surface area contributed by atoms with Crippen molar-refractivity contribution in [3.05, 3.63) is 30.3 Å². The minimum Gasteiger partial charge on any atom is -0.435 e. The Morgan fingerprint density at radius 2 is 1.82 bits per heavy atom. The van der Waals surface area contributed by atoms with Crippen molar-refractivity contribution in [3.8, 4) is 0 Å². The number of ether oxygens (including phenoxy) is 1. The number of amides is 1. The molecule has 1 aromatic carbocycles. The molecule has 1 saturated heterocycles. The Hall–Kier alpha value is -1.76. The quantitative estimate of drug-likeness (QED) is 0.922. The highest BCUT2D eigenvalue weighted by Crippen LogP contribution is 2.25. The fraction of sp³-hybridized carbons (Fsp3) is 0.533. The van der Waals surface area contributed by atoms with Crippen molar-refractivity contribution in [2.45, 2.75) is 31.5 Å². The number of benzene rings is 1. The molecule has 1 fully saturated rings. The second kappa shape index (κ2) is 7.49.